The molecule has 2 aliphatic heterocycles. The third-order valence-electron chi connectivity index (χ3n) is 5.45. The van der Waals surface area contributed by atoms with Crippen molar-refractivity contribution in [1.82, 2.24) is 9.80 Å². The smallest absolute Gasteiger partial charge is 0.254 e. The zero-order valence-corrected chi connectivity index (χ0v) is 16.1. The lowest BCUT2D eigenvalue weighted by Gasteiger charge is -2.36. The Morgan fingerprint density at radius 1 is 1.15 bits per heavy atom. The number of rotatable bonds is 5. The summed E-state index contributed by atoms with van der Waals surface area (Å²) >= 11 is 0. The number of carbonyl (C=O) groups is 1. The number of ether oxygens (including phenoxy) is 1. The van der Waals surface area contributed by atoms with Crippen molar-refractivity contribution in [2.75, 3.05) is 26.2 Å². The molecule has 1 aromatic rings. The first-order valence-corrected chi connectivity index (χ1v) is 9.95. The molecule has 144 valence electrons. The molecular formula is C21H32N2O3. The Morgan fingerprint density at radius 2 is 1.85 bits per heavy atom. The lowest BCUT2D eigenvalue weighted by atomic mass is 9.98. The number of nitrogens with zero attached hydrogens (tertiary/aromatic N) is 2. The van der Waals surface area contributed by atoms with Crippen LogP contribution in [0.4, 0.5) is 0 Å². The molecule has 2 heterocycles. The van der Waals surface area contributed by atoms with Crippen molar-refractivity contribution in [3.63, 3.8) is 0 Å². The minimum atomic E-state index is 0.100. The average molecular weight is 360 g/mol. The summed E-state index contributed by atoms with van der Waals surface area (Å²) in [4.78, 5) is 17.3. The molecule has 1 amide bonds. The zero-order chi connectivity index (χ0) is 18.5. The molecular weight excluding hydrogens is 328 g/mol. The molecule has 1 aromatic carbocycles. The second-order valence-electron chi connectivity index (χ2n) is 7.81. The lowest BCUT2D eigenvalue weighted by molar-refractivity contribution is -0.0704. The summed E-state index contributed by atoms with van der Waals surface area (Å²) in [6.45, 7) is 7.96. The Morgan fingerprint density at radius 3 is 2.50 bits per heavy atom. The molecule has 0 spiro atoms. The fourth-order valence-corrected chi connectivity index (χ4v) is 4.31. The predicted octanol–water partition coefficient (Wildman–Crippen LogP) is 2.67. The summed E-state index contributed by atoms with van der Waals surface area (Å²) in [5.41, 5.74) is 1.98. The van der Waals surface area contributed by atoms with Gasteiger partial charge in [-0.05, 0) is 57.2 Å². The van der Waals surface area contributed by atoms with Crippen LogP contribution < -0.4 is 0 Å². The molecule has 26 heavy (non-hydrogen) atoms. The summed E-state index contributed by atoms with van der Waals surface area (Å²) in [6.07, 6.45) is 4.40. The number of aliphatic hydroxyl groups is 1. The molecule has 2 fully saturated rings. The summed E-state index contributed by atoms with van der Waals surface area (Å²) < 4.78 is 5.79. The fraction of sp³-hybridized carbons (Fsp3) is 0.667. The Balaban J connectivity index is 1.62. The molecule has 2 aliphatic rings. The summed E-state index contributed by atoms with van der Waals surface area (Å²) in [7, 11) is 0. The van der Waals surface area contributed by atoms with Gasteiger partial charge in [-0.25, -0.2) is 0 Å². The van der Waals surface area contributed by atoms with Gasteiger partial charge in [0.1, 0.15) is 0 Å². The number of morpholine rings is 1. The van der Waals surface area contributed by atoms with E-state index in [1.165, 1.54) is 5.56 Å². The number of hydrogen-bond donors (Lipinski definition) is 1. The number of aliphatic hydroxyl groups excluding tert-OH is 1. The highest BCUT2D eigenvalue weighted by molar-refractivity contribution is 5.94. The van der Waals surface area contributed by atoms with Crippen molar-refractivity contribution in [2.45, 2.75) is 64.3 Å². The van der Waals surface area contributed by atoms with Gasteiger partial charge in [-0.3, -0.25) is 9.69 Å². The number of benzene rings is 1. The van der Waals surface area contributed by atoms with Crippen molar-refractivity contribution < 1.29 is 14.6 Å². The van der Waals surface area contributed by atoms with Crippen molar-refractivity contribution >= 4 is 5.91 Å². The van der Waals surface area contributed by atoms with Gasteiger partial charge in [0.15, 0.2) is 0 Å². The predicted molar refractivity (Wildman–Crippen MR) is 102 cm³/mol. The Kier molecular flexibility index (Phi) is 6.68. The van der Waals surface area contributed by atoms with Gasteiger partial charge in [-0.1, -0.05) is 12.1 Å². The number of amides is 1. The molecule has 3 rings (SSSR count). The van der Waals surface area contributed by atoms with Crippen LogP contribution in [-0.4, -0.2) is 65.3 Å². The van der Waals surface area contributed by atoms with E-state index in [0.717, 1.165) is 51.0 Å². The first-order chi connectivity index (χ1) is 12.6. The van der Waals surface area contributed by atoms with Gasteiger partial charge in [0.05, 0.1) is 12.2 Å². The van der Waals surface area contributed by atoms with Crippen molar-refractivity contribution in [2.24, 2.45) is 0 Å². The van der Waals surface area contributed by atoms with Crippen LogP contribution in [0.5, 0.6) is 0 Å². The van der Waals surface area contributed by atoms with Crippen molar-refractivity contribution in [3.8, 4) is 0 Å². The molecule has 1 N–H and O–H groups in total. The first kappa shape index (κ1) is 19.3. The molecule has 0 radical (unpaired) electrons. The highest BCUT2D eigenvalue weighted by atomic mass is 16.5. The van der Waals surface area contributed by atoms with E-state index in [2.05, 4.69) is 30.9 Å². The van der Waals surface area contributed by atoms with Crippen molar-refractivity contribution in [3.05, 3.63) is 35.4 Å². The van der Waals surface area contributed by atoms with Gasteiger partial charge in [0.2, 0.25) is 0 Å². The Bertz CT molecular complexity index is 577. The average Bonchev–Trinajstić information content (AvgIpc) is 2.62. The van der Waals surface area contributed by atoms with Gasteiger partial charge >= 0.3 is 0 Å². The maximum absolute atomic E-state index is 12.9. The molecule has 5 heteroatoms. The molecule has 0 aromatic heterocycles. The molecule has 0 bridgehead atoms. The molecule has 5 nitrogen and oxygen atoms in total. The second-order valence-corrected chi connectivity index (χ2v) is 7.81. The SMILES string of the molecule is C[C@@H]1CN(Cc2ccc(C(=O)N3CCCC[C@@H]3CCO)cc2)C[C@@H](C)O1. The number of piperidine rings is 1. The largest absolute Gasteiger partial charge is 0.396 e. The van der Waals surface area contributed by atoms with E-state index in [1.807, 2.05) is 17.0 Å². The van der Waals surface area contributed by atoms with Gasteiger partial charge in [0.25, 0.3) is 5.91 Å². The molecule has 0 unspecified atom stereocenters. The van der Waals surface area contributed by atoms with Crippen LogP contribution >= 0.6 is 0 Å². The summed E-state index contributed by atoms with van der Waals surface area (Å²) in [5.74, 6) is 0.100. The number of likely N-dealkylation sites (tertiary alicyclic amines) is 1. The molecule has 0 aliphatic carbocycles. The summed E-state index contributed by atoms with van der Waals surface area (Å²) in [6, 6.07) is 8.23. The van der Waals surface area contributed by atoms with Crippen LogP contribution in [0.3, 0.4) is 0 Å². The van der Waals surface area contributed by atoms with Crippen LogP contribution in [0.15, 0.2) is 24.3 Å². The number of carbonyl (C=O) groups excluding carboxylic acids is 1. The Labute approximate surface area is 156 Å². The minimum absolute atomic E-state index is 0.100. The number of hydrogen-bond acceptors (Lipinski definition) is 4. The highest BCUT2D eigenvalue weighted by Gasteiger charge is 2.27. The van der Waals surface area contributed by atoms with Crippen LogP contribution in [-0.2, 0) is 11.3 Å². The van der Waals surface area contributed by atoms with E-state index in [9.17, 15) is 9.90 Å². The van der Waals surface area contributed by atoms with Crippen molar-refractivity contribution in [1.29, 1.82) is 0 Å². The third kappa shape index (κ3) is 4.84. The van der Waals surface area contributed by atoms with E-state index >= 15 is 0 Å². The van der Waals surface area contributed by atoms with Crippen LogP contribution in [0.1, 0.15) is 55.5 Å². The van der Waals surface area contributed by atoms with Gasteiger partial charge in [0, 0.05) is 44.4 Å². The van der Waals surface area contributed by atoms with E-state index in [1.54, 1.807) is 0 Å². The first-order valence-electron chi connectivity index (χ1n) is 9.95. The second kappa shape index (κ2) is 8.98. The minimum Gasteiger partial charge on any atom is -0.396 e. The maximum atomic E-state index is 12.9. The van der Waals surface area contributed by atoms with Gasteiger partial charge < -0.3 is 14.7 Å². The lowest BCUT2D eigenvalue weighted by Crippen LogP contribution is -2.45. The highest BCUT2D eigenvalue weighted by Crippen LogP contribution is 2.22. The molecule has 2 saturated heterocycles. The molecule has 3 atom stereocenters. The van der Waals surface area contributed by atoms with E-state index < -0.39 is 0 Å². The standard InChI is InChI=1S/C21H32N2O3/c1-16-13-22(14-17(2)26-16)15-18-6-8-19(9-7-18)21(25)23-11-4-3-5-20(23)10-12-24/h6-9,16-17,20,24H,3-5,10-15H2,1-2H3/t16-,17-,20-/m1/s1. The van der Waals surface area contributed by atoms with Gasteiger partial charge in [-0.2, -0.15) is 0 Å². The van der Waals surface area contributed by atoms with Crippen LogP contribution in [0.25, 0.3) is 0 Å². The van der Waals surface area contributed by atoms with E-state index in [0.29, 0.717) is 6.42 Å². The molecule has 0 saturated carbocycles. The quantitative estimate of drug-likeness (QED) is 0.877. The Hall–Kier alpha value is -1.43. The maximum Gasteiger partial charge on any atom is 0.254 e. The summed E-state index contributed by atoms with van der Waals surface area (Å²) in [5, 5.41) is 9.27. The zero-order valence-electron chi connectivity index (χ0n) is 16.1. The van der Waals surface area contributed by atoms with E-state index in [4.69, 9.17) is 4.74 Å². The monoisotopic (exact) mass is 360 g/mol. The fourth-order valence-electron chi connectivity index (χ4n) is 4.31. The third-order valence-corrected chi connectivity index (χ3v) is 5.45. The van der Waals surface area contributed by atoms with Crippen LogP contribution in [0.2, 0.25) is 0 Å². The normalized spacial score (nSPS) is 27.5. The van der Waals surface area contributed by atoms with Crippen LogP contribution in [0, 0.1) is 0 Å². The van der Waals surface area contributed by atoms with E-state index in [-0.39, 0.29) is 30.8 Å². The topological polar surface area (TPSA) is 53.0 Å². The van der Waals surface area contributed by atoms with Gasteiger partial charge in [-0.15, -0.1) is 0 Å².